The molecule has 3 rings (SSSR count). The first-order chi connectivity index (χ1) is 14.9. The van der Waals surface area contributed by atoms with E-state index in [1.807, 2.05) is 0 Å². The number of sulfonamides is 1. The molecule has 0 aliphatic carbocycles. The molecule has 0 bridgehead atoms. The van der Waals surface area contributed by atoms with Crippen LogP contribution in [0.4, 0.5) is 5.82 Å². The molecule has 12 heteroatoms. The molecular weight excluding hydrogens is 510 g/mol. The molecule has 2 aromatic heterocycles. The van der Waals surface area contributed by atoms with E-state index in [2.05, 4.69) is 40.6 Å². The highest BCUT2D eigenvalue weighted by Crippen LogP contribution is 2.35. The third-order valence-electron chi connectivity index (χ3n) is 3.82. The first-order valence-corrected chi connectivity index (χ1v) is 12.0. The summed E-state index contributed by atoms with van der Waals surface area (Å²) in [4.78, 5) is 16.3. The molecule has 1 aromatic carbocycles. The molecule has 0 aliphatic heterocycles. The van der Waals surface area contributed by atoms with Gasteiger partial charge in [-0.05, 0) is 40.0 Å². The number of hydrogen-bond acceptors (Lipinski definition) is 8. The van der Waals surface area contributed by atoms with Gasteiger partial charge in [0.05, 0.1) is 15.8 Å². The van der Waals surface area contributed by atoms with Gasteiger partial charge >= 0.3 is 6.01 Å². The SMILES string of the molecule is CCCS(=O)(=O)Nc1ncnc(OCCOc2ncc(Br)cn2)c1-c1ccc(Cl)cc1. The first kappa shape index (κ1) is 23.2. The van der Waals surface area contributed by atoms with Gasteiger partial charge < -0.3 is 9.47 Å². The Kier molecular flexibility index (Phi) is 7.99. The summed E-state index contributed by atoms with van der Waals surface area (Å²) in [5, 5.41) is 0.541. The van der Waals surface area contributed by atoms with E-state index >= 15 is 0 Å². The Labute approximate surface area is 193 Å². The minimum Gasteiger partial charge on any atom is -0.473 e. The predicted octanol–water partition coefficient (Wildman–Crippen LogP) is 3.96. The molecule has 0 aliphatic rings. The van der Waals surface area contributed by atoms with Crippen molar-refractivity contribution in [2.45, 2.75) is 13.3 Å². The van der Waals surface area contributed by atoms with E-state index in [0.29, 0.717) is 22.6 Å². The summed E-state index contributed by atoms with van der Waals surface area (Å²) in [7, 11) is -3.57. The third-order valence-corrected chi connectivity index (χ3v) is 5.93. The van der Waals surface area contributed by atoms with Crippen LogP contribution in [0.3, 0.4) is 0 Å². The van der Waals surface area contributed by atoms with E-state index in [0.717, 1.165) is 4.47 Å². The maximum atomic E-state index is 12.3. The summed E-state index contributed by atoms with van der Waals surface area (Å²) in [6.07, 6.45) is 4.84. The fourth-order valence-corrected chi connectivity index (χ4v) is 3.97. The lowest BCUT2D eigenvalue weighted by Gasteiger charge is -2.15. The number of ether oxygens (including phenoxy) is 2. The highest BCUT2D eigenvalue weighted by Gasteiger charge is 2.19. The van der Waals surface area contributed by atoms with E-state index in [9.17, 15) is 8.42 Å². The summed E-state index contributed by atoms with van der Waals surface area (Å²) in [6.45, 7) is 2.06. The average Bonchev–Trinajstić information content (AvgIpc) is 2.73. The van der Waals surface area contributed by atoms with Gasteiger partial charge in [0.1, 0.15) is 19.5 Å². The van der Waals surface area contributed by atoms with Crippen LogP contribution in [-0.2, 0) is 10.0 Å². The Morgan fingerprint density at radius 2 is 1.71 bits per heavy atom. The van der Waals surface area contributed by atoms with Crippen molar-refractivity contribution in [3.05, 3.63) is 52.5 Å². The zero-order valence-electron chi connectivity index (χ0n) is 16.5. The molecule has 0 saturated heterocycles. The van der Waals surface area contributed by atoms with Crippen molar-refractivity contribution in [1.82, 2.24) is 19.9 Å². The maximum Gasteiger partial charge on any atom is 0.316 e. The van der Waals surface area contributed by atoms with Crippen molar-refractivity contribution < 1.29 is 17.9 Å². The Bertz CT molecular complexity index is 1120. The monoisotopic (exact) mass is 527 g/mol. The summed E-state index contributed by atoms with van der Waals surface area (Å²) in [5.41, 5.74) is 1.05. The third kappa shape index (κ3) is 6.74. The molecular formula is C19H19BrClN5O4S. The quantitative estimate of drug-likeness (QED) is 0.393. The Morgan fingerprint density at radius 3 is 2.39 bits per heavy atom. The normalized spacial score (nSPS) is 11.2. The minimum atomic E-state index is -3.57. The van der Waals surface area contributed by atoms with Gasteiger partial charge in [0.25, 0.3) is 0 Å². The van der Waals surface area contributed by atoms with Crippen LogP contribution in [0, 0.1) is 0 Å². The minimum absolute atomic E-state index is 0.0335. The Balaban J connectivity index is 1.82. The lowest BCUT2D eigenvalue weighted by Crippen LogP contribution is -2.18. The molecule has 0 spiro atoms. The molecule has 9 nitrogen and oxygen atoms in total. The van der Waals surface area contributed by atoms with Crippen molar-refractivity contribution in [2.75, 3.05) is 23.7 Å². The van der Waals surface area contributed by atoms with Crippen LogP contribution < -0.4 is 14.2 Å². The van der Waals surface area contributed by atoms with Gasteiger partial charge in [-0.25, -0.2) is 28.4 Å². The molecule has 3 aromatic rings. The molecule has 2 heterocycles. The van der Waals surface area contributed by atoms with Gasteiger partial charge in [-0.15, -0.1) is 0 Å². The van der Waals surface area contributed by atoms with Crippen molar-refractivity contribution in [3.63, 3.8) is 0 Å². The number of halogens is 2. The van der Waals surface area contributed by atoms with Crippen LogP contribution in [0.25, 0.3) is 11.1 Å². The highest BCUT2D eigenvalue weighted by atomic mass is 79.9. The van der Waals surface area contributed by atoms with Gasteiger partial charge in [0.15, 0.2) is 5.82 Å². The van der Waals surface area contributed by atoms with Crippen molar-refractivity contribution in [2.24, 2.45) is 0 Å². The average molecular weight is 529 g/mol. The summed E-state index contributed by atoms with van der Waals surface area (Å²) in [6, 6.07) is 7.05. The number of aromatic nitrogens is 4. The van der Waals surface area contributed by atoms with E-state index < -0.39 is 10.0 Å². The first-order valence-electron chi connectivity index (χ1n) is 9.22. The maximum absolute atomic E-state index is 12.3. The van der Waals surface area contributed by atoms with Gasteiger partial charge in [-0.1, -0.05) is 30.7 Å². The second kappa shape index (κ2) is 10.7. The lowest BCUT2D eigenvalue weighted by molar-refractivity contribution is 0.202. The van der Waals surface area contributed by atoms with Crippen LogP contribution in [0.5, 0.6) is 11.9 Å². The van der Waals surface area contributed by atoms with Crippen LogP contribution in [0.15, 0.2) is 47.5 Å². The van der Waals surface area contributed by atoms with Crippen molar-refractivity contribution >= 4 is 43.4 Å². The van der Waals surface area contributed by atoms with Gasteiger partial charge in [0, 0.05) is 17.4 Å². The number of nitrogens with one attached hydrogen (secondary N) is 1. The molecule has 0 amide bonds. The second-order valence-corrected chi connectivity index (χ2v) is 9.41. The second-order valence-electron chi connectivity index (χ2n) is 6.21. The lowest BCUT2D eigenvalue weighted by atomic mass is 10.1. The fraction of sp³-hybridized carbons (Fsp3) is 0.263. The van der Waals surface area contributed by atoms with Gasteiger partial charge in [0.2, 0.25) is 15.9 Å². The number of anilines is 1. The van der Waals surface area contributed by atoms with Crippen LogP contribution in [0.2, 0.25) is 5.02 Å². The van der Waals surface area contributed by atoms with Crippen LogP contribution >= 0.6 is 27.5 Å². The molecule has 164 valence electrons. The van der Waals surface area contributed by atoms with Crippen molar-refractivity contribution in [1.29, 1.82) is 0 Å². The molecule has 0 fully saturated rings. The molecule has 0 saturated carbocycles. The zero-order valence-corrected chi connectivity index (χ0v) is 19.6. The Morgan fingerprint density at radius 1 is 1.03 bits per heavy atom. The molecule has 0 radical (unpaired) electrons. The predicted molar refractivity (Wildman–Crippen MR) is 121 cm³/mol. The highest BCUT2D eigenvalue weighted by molar-refractivity contribution is 9.10. The molecule has 31 heavy (non-hydrogen) atoms. The largest absolute Gasteiger partial charge is 0.473 e. The van der Waals surface area contributed by atoms with Gasteiger partial charge in [-0.2, -0.15) is 0 Å². The van der Waals surface area contributed by atoms with Gasteiger partial charge in [-0.3, -0.25) is 4.72 Å². The summed E-state index contributed by atoms with van der Waals surface area (Å²) < 4.78 is 39.1. The number of benzene rings is 1. The van der Waals surface area contributed by atoms with Crippen LogP contribution in [0.1, 0.15) is 13.3 Å². The Hall–Kier alpha value is -2.50. The zero-order chi connectivity index (χ0) is 22.3. The number of rotatable bonds is 10. The van der Waals surface area contributed by atoms with Crippen LogP contribution in [-0.4, -0.2) is 47.3 Å². The van der Waals surface area contributed by atoms with Crippen molar-refractivity contribution in [3.8, 4) is 23.0 Å². The molecule has 1 N–H and O–H groups in total. The van der Waals surface area contributed by atoms with E-state index in [1.165, 1.54) is 6.33 Å². The van der Waals surface area contributed by atoms with E-state index in [1.54, 1.807) is 43.6 Å². The fourth-order valence-electron chi connectivity index (χ4n) is 2.55. The number of nitrogens with zero attached hydrogens (tertiary/aromatic N) is 4. The summed E-state index contributed by atoms with van der Waals surface area (Å²) >= 11 is 9.24. The molecule has 0 atom stereocenters. The van der Waals surface area contributed by atoms with E-state index in [4.69, 9.17) is 21.1 Å². The molecule has 0 unspecified atom stereocenters. The standard InChI is InChI=1S/C19H19BrClN5O4S/c1-2-9-31(27,28)26-17-16(13-3-5-15(21)6-4-13)18(25-12-24-17)29-7-8-30-19-22-10-14(20)11-23-19/h3-6,10-12H,2,7-9H2,1H3,(H,24,25,26). The number of hydrogen-bond donors (Lipinski definition) is 1. The summed E-state index contributed by atoms with van der Waals surface area (Å²) in [5.74, 6) is 0.290. The van der Waals surface area contributed by atoms with E-state index in [-0.39, 0.29) is 36.7 Å². The topological polar surface area (TPSA) is 116 Å². The smallest absolute Gasteiger partial charge is 0.316 e.